The van der Waals surface area contributed by atoms with E-state index in [1.54, 1.807) is 18.3 Å². The van der Waals surface area contributed by atoms with Gasteiger partial charge >= 0.3 is 0 Å². The number of nitrogens with zero attached hydrogens (tertiary/aromatic N) is 1. The fourth-order valence-corrected chi connectivity index (χ4v) is 1.96. The highest BCUT2D eigenvalue weighted by molar-refractivity contribution is 6.32. The lowest BCUT2D eigenvalue weighted by Crippen LogP contribution is -2.02. The van der Waals surface area contributed by atoms with E-state index >= 15 is 0 Å². The summed E-state index contributed by atoms with van der Waals surface area (Å²) < 4.78 is 11.1. The first-order valence-electron chi connectivity index (χ1n) is 6.18. The summed E-state index contributed by atoms with van der Waals surface area (Å²) in [6.45, 7) is 2.59. The van der Waals surface area contributed by atoms with Gasteiger partial charge in [0.2, 0.25) is 0 Å². The Hall–Kier alpha value is -2.07. The van der Waals surface area contributed by atoms with Gasteiger partial charge in [-0.05, 0) is 31.2 Å². The molecule has 0 aliphatic rings. The molecular formula is C15H14ClNO3. The van der Waals surface area contributed by atoms with E-state index in [0.717, 1.165) is 12.0 Å². The molecule has 104 valence electrons. The Morgan fingerprint density at radius 1 is 1.30 bits per heavy atom. The number of rotatable bonds is 6. The van der Waals surface area contributed by atoms with Crippen LogP contribution in [0, 0.1) is 0 Å². The van der Waals surface area contributed by atoms with Crippen molar-refractivity contribution in [3.05, 3.63) is 52.8 Å². The van der Waals surface area contributed by atoms with Gasteiger partial charge in [0.15, 0.2) is 11.5 Å². The van der Waals surface area contributed by atoms with Gasteiger partial charge in [-0.25, -0.2) is 0 Å². The Labute approximate surface area is 122 Å². The molecule has 0 unspecified atom stereocenters. The molecule has 5 heteroatoms. The van der Waals surface area contributed by atoms with Crippen LogP contribution in [0.2, 0.25) is 5.02 Å². The van der Waals surface area contributed by atoms with Crippen LogP contribution in [0.5, 0.6) is 11.5 Å². The molecule has 0 atom stereocenters. The number of ether oxygens (including phenoxy) is 2. The van der Waals surface area contributed by atoms with Gasteiger partial charge in [-0.3, -0.25) is 9.78 Å². The third-order valence-corrected chi connectivity index (χ3v) is 2.84. The molecule has 1 aromatic heterocycles. The predicted molar refractivity (Wildman–Crippen MR) is 76.6 cm³/mol. The van der Waals surface area contributed by atoms with Gasteiger partial charge in [-0.2, -0.15) is 0 Å². The Balaban J connectivity index is 2.23. The van der Waals surface area contributed by atoms with Gasteiger partial charge in [0, 0.05) is 11.8 Å². The summed E-state index contributed by atoms with van der Waals surface area (Å²) in [6, 6.07) is 8.72. The summed E-state index contributed by atoms with van der Waals surface area (Å²) in [5, 5.41) is 0.342. The first-order chi connectivity index (χ1) is 9.74. The average Bonchev–Trinajstić information content (AvgIpc) is 2.47. The van der Waals surface area contributed by atoms with Crippen molar-refractivity contribution in [3.63, 3.8) is 0 Å². The van der Waals surface area contributed by atoms with E-state index in [-0.39, 0.29) is 6.61 Å². The van der Waals surface area contributed by atoms with Gasteiger partial charge in [-0.15, -0.1) is 0 Å². The van der Waals surface area contributed by atoms with Crippen LogP contribution in [0.25, 0.3) is 0 Å². The number of carbonyl (C=O) groups excluding carboxylic acids is 1. The minimum absolute atomic E-state index is 0.279. The molecule has 0 amide bonds. The van der Waals surface area contributed by atoms with Crippen molar-refractivity contribution >= 4 is 17.9 Å². The largest absolute Gasteiger partial charge is 0.490 e. The van der Waals surface area contributed by atoms with Crippen LogP contribution in [0.4, 0.5) is 0 Å². The Morgan fingerprint density at radius 2 is 2.15 bits per heavy atom. The second-order valence-electron chi connectivity index (χ2n) is 3.99. The second-order valence-corrected chi connectivity index (χ2v) is 4.40. The standard InChI is InChI=1S/C15H14ClNO3/c1-2-19-14-8-11(9-18)7-13(16)15(14)20-10-12-5-3-4-6-17-12/h3-9H,2,10H2,1H3. The second kappa shape index (κ2) is 6.91. The van der Waals surface area contributed by atoms with Crippen LogP contribution in [0.1, 0.15) is 23.0 Å². The van der Waals surface area contributed by atoms with Gasteiger partial charge < -0.3 is 9.47 Å². The maximum absolute atomic E-state index is 10.8. The van der Waals surface area contributed by atoms with Gasteiger partial charge in [-0.1, -0.05) is 17.7 Å². The number of carbonyl (C=O) groups is 1. The highest BCUT2D eigenvalue weighted by Gasteiger charge is 2.12. The van der Waals surface area contributed by atoms with Crippen LogP contribution in [0.3, 0.4) is 0 Å². The van der Waals surface area contributed by atoms with Crippen LogP contribution in [-0.4, -0.2) is 17.9 Å². The zero-order valence-electron chi connectivity index (χ0n) is 11.0. The van der Waals surface area contributed by atoms with E-state index in [0.29, 0.717) is 28.7 Å². The summed E-state index contributed by atoms with van der Waals surface area (Å²) in [5.41, 5.74) is 1.23. The van der Waals surface area contributed by atoms with Crippen LogP contribution < -0.4 is 9.47 Å². The van der Waals surface area contributed by atoms with E-state index in [1.807, 2.05) is 25.1 Å². The van der Waals surface area contributed by atoms with Crippen molar-refractivity contribution < 1.29 is 14.3 Å². The summed E-state index contributed by atoms with van der Waals surface area (Å²) >= 11 is 6.13. The molecular weight excluding hydrogens is 278 g/mol. The molecule has 4 nitrogen and oxygen atoms in total. The molecule has 0 saturated heterocycles. The molecule has 2 aromatic rings. The lowest BCUT2D eigenvalue weighted by Gasteiger charge is -2.13. The molecule has 0 bridgehead atoms. The van der Waals surface area contributed by atoms with Gasteiger partial charge in [0.05, 0.1) is 17.3 Å². The first kappa shape index (κ1) is 14.3. The maximum atomic E-state index is 10.8. The number of hydrogen-bond donors (Lipinski definition) is 0. The molecule has 0 aliphatic carbocycles. The van der Waals surface area contributed by atoms with Crippen LogP contribution in [0.15, 0.2) is 36.5 Å². The van der Waals surface area contributed by atoms with E-state index in [4.69, 9.17) is 21.1 Å². The number of halogens is 1. The van der Waals surface area contributed by atoms with Crippen LogP contribution in [-0.2, 0) is 6.61 Å². The van der Waals surface area contributed by atoms with E-state index in [1.165, 1.54) is 0 Å². The zero-order chi connectivity index (χ0) is 14.4. The molecule has 0 saturated carbocycles. The molecule has 0 N–H and O–H groups in total. The Bertz CT molecular complexity index is 587. The zero-order valence-corrected chi connectivity index (χ0v) is 11.8. The van der Waals surface area contributed by atoms with Crippen molar-refractivity contribution in [2.75, 3.05) is 6.61 Å². The first-order valence-corrected chi connectivity index (χ1v) is 6.56. The van der Waals surface area contributed by atoms with E-state index < -0.39 is 0 Å². The topological polar surface area (TPSA) is 48.4 Å². The van der Waals surface area contributed by atoms with Crippen molar-refractivity contribution in [2.24, 2.45) is 0 Å². The normalized spacial score (nSPS) is 10.1. The van der Waals surface area contributed by atoms with E-state index in [9.17, 15) is 4.79 Å². The van der Waals surface area contributed by atoms with Crippen molar-refractivity contribution in [1.82, 2.24) is 4.98 Å². The fraction of sp³-hybridized carbons (Fsp3) is 0.200. The minimum Gasteiger partial charge on any atom is -0.490 e. The Morgan fingerprint density at radius 3 is 2.80 bits per heavy atom. The van der Waals surface area contributed by atoms with Crippen molar-refractivity contribution in [3.8, 4) is 11.5 Å². The molecule has 1 heterocycles. The highest BCUT2D eigenvalue weighted by atomic mass is 35.5. The van der Waals surface area contributed by atoms with Crippen LogP contribution >= 0.6 is 11.6 Å². The number of aldehydes is 1. The number of aromatic nitrogens is 1. The van der Waals surface area contributed by atoms with Gasteiger partial charge in [0.25, 0.3) is 0 Å². The lowest BCUT2D eigenvalue weighted by atomic mass is 10.2. The van der Waals surface area contributed by atoms with Crippen molar-refractivity contribution in [1.29, 1.82) is 0 Å². The smallest absolute Gasteiger partial charge is 0.180 e. The molecule has 1 aromatic carbocycles. The quantitative estimate of drug-likeness (QED) is 0.764. The third-order valence-electron chi connectivity index (χ3n) is 2.56. The molecule has 0 radical (unpaired) electrons. The third kappa shape index (κ3) is 3.48. The molecule has 20 heavy (non-hydrogen) atoms. The maximum Gasteiger partial charge on any atom is 0.180 e. The molecule has 0 aliphatic heterocycles. The summed E-state index contributed by atoms with van der Waals surface area (Å²) in [5.74, 6) is 0.878. The minimum atomic E-state index is 0.279. The molecule has 0 spiro atoms. The summed E-state index contributed by atoms with van der Waals surface area (Å²) in [6.07, 6.45) is 2.41. The highest BCUT2D eigenvalue weighted by Crippen LogP contribution is 2.36. The Kier molecular flexibility index (Phi) is 4.96. The monoisotopic (exact) mass is 291 g/mol. The molecule has 2 rings (SSSR count). The lowest BCUT2D eigenvalue weighted by molar-refractivity contribution is 0.112. The predicted octanol–water partition coefficient (Wildman–Crippen LogP) is 3.53. The number of pyridine rings is 1. The number of benzene rings is 1. The molecule has 0 fully saturated rings. The number of hydrogen-bond acceptors (Lipinski definition) is 4. The summed E-state index contributed by atoms with van der Waals surface area (Å²) in [7, 11) is 0. The van der Waals surface area contributed by atoms with Gasteiger partial charge in [0.1, 0.15) is 12.9 Å². The fourth-order valence-electron chi connectivity index (χ4n) is 1.69. The average molecular weight is 292 g/mol. The summed E-state index contributed by atoms with van der Waals surface area (Å²) in [4.78, 5) is 15.0. The SMILES string of the molecule is CCOc1cc(C=O)cc(Cl)c1OCc1ccccn1. The van der Waals surface area contributed by atoms with Crippen molar-refractivity contribution in [2.45, 2.75) is 13.5 Å². The van der Waals surface area contributed by atoms with E-state index in [2.05, 4.69) is 4.98 Å².